The molecule has 5 nitrogen and oxygen atoms in total. The van der Waals surface area contributed by atoms with Crippen molar-refractivity contribution in [2.24, 2.45) is 4.99 Å². The van der Waals surface area contributed by atoms with Crippen LogP contribution in [0.5, 0.6) is 0 Å². The summed E-state index contributed by atoms with van der Waals surface area (Å²) >= 11 is 1.70. The van der Waals surface area contributed by atoms with E-state index in [1.807, 2.05) is 6.20 Å². The molecule has 0 saturated heterocycles. The quantitative estimate of drug-likeness (QED) is 0.298. The third kappa shape index (κ3) is 8.70. The lowest BCUT2D eigenvalue weighted by molar-refractivity contribution is 0.136. The summed E-state index contributed by atoms with van der Waals surface area (Å²) < 4.78 is 5.48. The van der Waals surface area contributed by atoms with Crippen LogP contribution in [0, 0.1) is 6.92 Å². The van der Waals surface area contributed by atoms with E-state index < -0.39 is 0 Å². The molecule has 1 aromatic rings. The Morgan fingerprint density at radius 2 is 2.20 bits per heavy atom. The Balaban J connectivity index is 0.00000361. The van der Waals surface area contributed by atoms with Crippen LogP contribution in [0.1, 0.15) is 29.7 Å². The molecule has 0 fully saturated rings. The van der Waals surface area contributed by atoms with Gasteiger partial charge in [-0.3, -0.25) is 4.99 Å². The van der Waals surface area contributed by atoms with Gasteiger partial charge in [0.05, 0.1) is 13.2 Å². The lowest BCUT2D eigenvalue weighted by atomic mass is 10.4. The highest BCUT2D eigenvalue weighted by Gasteiger charge is 2.01. The maximum atomic E-state index is 5.48. The number of halogens is 1. The molecule has 0 unspecified atom stereocenters. The van der Waals surface area contributed by atoms with Crippen molar-refractivity contribution in [1.82, 2.24) is 15.6 Å². The summed E-state index contributed by atoms with van der Waals surface area (Å²) in [6, 6.07) is 0. The van der Waals surface area contributed by atoms with Gasteiger partial charge in [-0.05, 0) is 13.3 Å². The summed E-state index contributed by atoms with van der Waals surface area (Å²) in [5, 5.41) is 7.52. The van der Waals surface area contributed by atoms with E-state index >= 15 is 0 Å². The second-order valence-electron chi connectivity index (χ2n) is 4.18. The molecular formula is C13H25IN4OS. The van der Waals surface area contributed by atoms with Gasteiger partial charge in [-0.1, -0.05) is 13.3 Å². The highest BCUT2D eigenvalue weighted by atomic mass is 127. The molecular weight excluding hydrogens is 387 g/mol. The second-order valence-corrected chi connectivity index (χ2v) is 5.50. The van der Waals surface area contributed by atoms with Crippen molar-refractivity contribution < 1.29 is 4.74 Å². The lowest BCUT2D eigenvalue weighted by Crippen LogP contribution is -2.38. The minimum atomic E-state index is 0. The number of aryl methyl sites for hydroxylation is 1. The number of rotatable bonds is 8. The fraction of sp³-hybridized carbons (Fsp3) is 0.692. The molecule has 116 valence electrons. The number of unbranched alkanes of at least 4 members (excludes halogenated alkanes) is 1. The first-order valence-corrected chi connectivity index (χ1v) is 7.51. The average molecular weight is 412 g/mol. The van der Waals surface area contributed by atoms with E-state index in [4.69, 9.17) is 4.74 Å². The van der Waals surface area contributed by atoms with E-state index in [0.29, 0.717) is 13.2 Å². The van der Waals surface area contributed by atoms with Gasteiger partial charge in [-0.2, -0.15) is 0 Å². The van der Waals surface area contributed by atoms with Crippen LogP contribution < -0.4 is 10.6 Å². The van der Waals surface area contributed by atoms with Gasteiger partial charge in [0.1, 0.15) is 5.01 Å². The number of guanidine groups is 1. The first kappa shape index (κ1) is 19.6. The predicted octanol–water partition coefficient (Wildman–Crippen LogP) is 2.55. The van der Waals surface area contributed by atoms with Crippen LogP contribution in [-0.2, 0) is 11.3 Å². The number of thiazole rings is 1. The van der Waals surface area contributed by atoms with E-state index in [0.717, 1.165) is 30.5 Å². The van der Waals surface area contributed by atoms with Crippen LogP contribution in [0.3, 0.4) is 0 Å². The monoisotopic (exact) mass is 412 g/mol. The number of hydrogen-bond acceptors (Lipinski definition) is 4. The number of nitrogens with zero attached hydrogens (tertiary/aromatic N) is 2. The van der Waals surface area contributed by atoms with Gasteiger partial charge in [0, 0.05) is 31.3 Å². The van der Waals surface area contributed by atoms with Gasteiger partial charge in [-0.15, -0.1) is 35.3 Å². The van der Waals surface area contributed by atoms with Gasteiger partial charge in [0.2, 0.25) is 0 Å². The summed E-state index contributed by atoms with van der Waals surface area (Å²) in [6.07, 6.45) is 4.18. The summed E-state index contributed by atoms with van der Waals surface area (Å²) in [5.74, 6) is 0.784. The van der Waals surface area contributed by atoms with Crippen LogP contribution >= 0.6 is 35.3 Å². The fourth-order valence-electron chi connectivity index (χ4n) is 1.45. The Kier molecular flexibility index (Phi) is 12.1. The molecule has 0 radical (unpaired) electrons. The van der Waals surface area contributed by atoms with Crippen LogP contribution in [0.2, 0.25) is 0 Å². The third-order valence-corrected chi connectivity index (χ3v) is 3.39. The molecule has 0 amide bonds. The zero-order valence-corrected chi connectivity index (χ0v) is 15.6. The molecule has 1 rings (SSSR count). The Morgan fingerprint density at radius 3 is 2.80 bits per heavy atom. The normalized spacial score (nSPS) is 11.1. The summed E-state index contributed by atoms with van der Waals surface area (Å²) in [5.41, 5.74) is 0. The number of aliphatic imine (C=N–C) groups is 1. The van der Waals surface area contributed by atoms with Crippen molar-refractivity contribution in [1.29, 1.82) is 0 Å². The van der Waals surface area contributed by atoms with Crippen molar-refractivity contribution in [3.8, 4) is 0 Å². The van der Waals surface area contributed by atoms with Crippen LogP contribution in [0.15, 0.2) is 11.2 Å². The minimum Gasteiger partial charge on any atom is -0.380 e. The Labute approximate surface area is 142 Å². The molecule has 0 aliphatic carbocycles. The van der Waals surface area contributed by atoms with Crippen molar-refractivity contribution in [3.63, 3.8) is 0 Å². The molecule has 1 heterocycles. The fourth-order valence-corrected chi connectivity index (χ4v) is 2.18. The highest BCUT2D eigenvalue weighted by molar-refractivity contribution is 14.0. The molecule has 0 aromatic carbocycles. The Morgan fingerprint density at radius 1 is 1.40 bits per heavy atom. The minimum absolute atomic E-state index is 0. The zero-order valence-electron chi connectivity index (χ0n) is 12.4. The van der Waals surface area contributed by atoms with Gasteiger partial charge in [-0.25, -0.2) is 4.98 Å². The zero-order chi connectivity index (χ0) is 13.9. The molecule has 0 aliphatic rings. The summed E-state index contributed by atoms with van der Waals surface area (Å²) in [4.78, 5) is 9.69. The van der Waals surface area contributed by atoms with E-state index in [-0.39, 0.29) is 24.0 Å². The molecule has 20 heavy (non-hydrogen) atoms. The first-order valence-electron chi connectivity index (χ1n) is 6.69. The first-order chi connectivity index (χ1) is 9.26. The smallest absolute Gasteiger partial charge is 0.191 e. The van der Waals surface area contributed by atoms with E-state index in [2.05, 4.69) is 34.5 Å². The molecule has 0 aliphatic heterocycles. The van der Waals surface area contributed by atoms with Gasteiger partial charge >= 0.3 is 0 Å². The number of ether oxygens (including phenoxy) is 1. The molecule has 0 spiro atoms. The topological polar surface area (TPSA) is 58.5 Å². The molecule has 2 N–H and O–H groups in total. The summed E-state index contributed by atoms with van der Waals surface area (Å²) in [7, 11) is 1.76. The molecule has 1 aromatic heterocycles. The van der Waals surface area contributed by atoms with Crippen molar-refractivity contribution in [2.45, 2.75) is 33.2 Å². The van der Waals surface area contributed by atoms with Gasteiger partial charge in [0.25, 0.3) is 0 Å². The second kappa shape index (κ2) is 12.3. The Hall–Kier alpha value is -0.410. The molecule has 0 atom stereocenters. The maximum Gasteiger partial charge on any atom is 0.191 e. The van der Waals surface area contributed by atoms with Crippen LogP contribution in [0.25, 0.3) is 0 Å². The largest absolute Gasteiger partial charge is 0.380 e. The maximum absolute atomic E-state index is 5.48. The third-order valence-electron chi connectivity index (χ3n) is 2.48. The lowest BCUT2D eigenvalue weighted by Gasteiger charge is -2.10. The van der Waals surface area contributed by atoms with Gasteiger partial charge < -0.3 is 15.4 Å². The van der Waals surface area contributed by atoms with Crippen LogP contribution in [-0.4, -0.2) is 37.7 Å². The summed E-state index contributed by atoms with van der Waals surface area (Å²) in [6.45, 7) is 7.23. The molecule has 0 bridgehead atoms. The van der Waals surface area contributed by atoms with Crippen molar-refractivity contribution >= 4 is 41.3 Å². The molecule has 7 heteroatoms. The van der Waals surface area contributed by atoms with Crippen molar-refractivity contribution in [2.75, 3.05) is 26.8 Å². The van der Waals surface area contributed by atoms with Crippen molar-refractivity contribution in [3.05, 3.63) is 16.1 Å². The predicted molar refractivity (Wildman–Crippen MR) is 96.2 cm³/mol. The highest BCUT2D eigenvalue weighted by Crippen LogP contribution is 2.10. The van der Waals surface area contributed by atoms with Crippen LogP contribution in [0.4, 0.5) is 0 Å². The number of nitrogens with one attached hydrogen (secondary N) is 2. The average Bonchev–Trinajstić information content (AvgIpc) is 2.83. The SMILES string of the molecule is CCCCOCCNC(=NC)NCc1ncc(C)s1.I. The van der Waals surface area contributed by atoms with E-state index in [1.54, 1.807) is 18.4 Å². The Bertz CT molecular complexity index is 384. The van der Waals surface area contributed by atoms with E-state index in [9.17, 15) is 0 Å². The number of hydrogen-bond donors (Lipinski definition) is 2. The standard InChI is InChI=1S/C13H24N4OS.HI/c1-4-5-7-18-8-6-15-13(14-3)17-10-12-16-9-11(2)19-12;/h9H,4-8,10H2,1-3H3,(H2,14,15,17);1H. The van der Waals surface area contributed by atoms with Gasteiger partial charge in [0.15, 0.2) is 5.96 Å². The molecule has 0 saturated carbocycles. The van der Waals surface area contributed by atoms with E-state index in [1.165, 1.54) is 11.3 Å². The number of aromatic nitrogens is 1.